The molecule has 0 spiro atoms. The van der Waals surface area contributed by atoms with Crippen LogP contribution in [0.5, 0.6) is 0 Å². The van der Waals surface area contributed by atoms with Crippen molar-refractivity contribution in [2.24, 2.45) is 5.92 Å². The van der Waals surface area contributed by atoms with Crippen LogP contribution in [0.15, 0.2) is 36.8 Å². The summed E-state index contributed by atoms with van der Waals surface area (Å²) < 4.78 is 7.52. The Hall–Kier alpha value is -1.65. The van der Waals surface area contributed by atoms with Gasteiger partial charge in [-0.15, -0.1) is 0 Å². The van der Waals surface area contributed by atoms with Gasteiger partial charge in [0.25, 0.3) is 0 Å². The second-order valence-electron chi connectivity index (χ2n) is 5.66. The number of nitrogens with zero attached hydrogens (tertiary/aromatic N) is 2. The van der Waals surface area contributed by atoms with Gasteiger partial charge in [0, 0.05) is 18.8 Å². The monoisotopic (exact) mass is 270 g/mol. The van der Waals surface area contributed by atoms with E-state index in [9.17, 15) is 5.11 Å². The van der Waals surface area contributed by atoms with Gasteiger partial charge in [0.15, 0.2) is 0 Å². The quantitative estimate of drug-likeness (QED) is 0.910. The van der Waals surface area contributed by atoms with Crippen molar-refractivity contribution in [3.05, 3.63) is 42.4 Å². The van der Waals surface area contributed by atoms with Crippen LogP contribution in [0.4, 0.5) is 0 Å². The standard InChI is InChI=1S/C16H18N2O2/c19-16(11-5-7-20-8-6-11)15-13-4-2-1-3-12(13)14-9-17-10-18(14)15/h1-4,9-11,15-16,19H,5-8H2/t15?,16-/m1/s1. The molecule has 4 nitrogen and oxygen atoms in total. The van der Waals surface area contributed by atoms with Gasteiger partial charge in [-0.25, -0.2) is 4.98 Å². The Kier molecular flexibility index (Phi) is 2.86. The molecule has 0 amide bonds. The van der Waals surface area contributed by atoms with E-state index in [4.69, 9.17) is 4.74 Å². The highest BCUT2D eigenvalue weighted by molar-refractivity contribution is 5.69. The lowest BCUT2D eigenvalue weighted by atomic mass is 9.86. The van der Waals surface area contributed by atoms with E-state index in [1.54, 1.807) is 0 Å². The Bertz CT molecular complexity index is 616. The topological polar surface area (TPSA) is 47.3 Å². The van der Waals surface area contributed by atoms with E-state index < -0.39 is 0 Å². The van der Waals surface area contributed by atoms with E-state index in [0.29, 0.717) is 5.92 Å². The number of aromatic nitrogens is 2. The predicted octanol–water partition coefficient (Wildman–Crippen LogP) is 2.24. The lowest BCUT2D eigenvalue weighted by Crippen LogP contribution is -2.34. The lowest BCUT2D eigenvalue weighted by Gasteiger charge is -2.31. The van der Waals surface area contributed by atoms with Crippen molar-refractivity contribution in [1.29, 1.82) is 0 Å². The molecular formula is C16H18N2O2. The van der Waals surface area contributed by atoms with Gasteiger partial charge in [-0.2, -0.15) is 0 Å². The maximum Gasteiger partial charge on any atom is 0.0957 e. The van der Waals surface area contributed by atoms with E-state index in [1.165, 1.54) is 11.1 Å². The van der Waals surface area contributed by atoms with Gasteiger partial charge in [-0.05, 0) is 24.3 Å². The normalized spacial score (nSPS) is 23.4. The Balaban J connectivity index is 1.74. The zero-order valence-electron chi connectivity index (χ0n) is 11.3. The SMILES string of the molecule is O[C@H](C1CCOCC1)C1c2ccccc2-c2cncn21. The zero-order valence-corrected chi connectivity index (χ0v) is 11.3. The number of hydrogen-bond acceptors (Lipinski definition) is 3. The minimum Gasteiger partial charge on any atom is -0.390 e. The molecule has 1 fully saturated rings. The Labute approximate surface area is 118 Å². The molecular weight excluding hydrogens is 252 g/mol. The molecule has 1 saturated heterocycles. The van der Waals surface area contributed by atoms with Gasteiger partial charge >= 0.3 is 0 Å². The number of hydrogen-bond donors (Lipinski definition) is 1. The van der Waals surface area contributed by atoms with Crippen LogP contribution in [0.3, 0.4) is 0 Å². The average molecular weight is 270 g/mol. The number of ether oxygens (including phenoxy) is 1. The molecule has 2 aliphatic rings. The molecule has 0 aliphatic carbocycles. The summed E-state index contributed by atoms with van der Waals surface area (Å²) in [5.74, 6) is 0.301. The number of aliphatic hydroxyl groups is 1. The number of aliphatic hydroxyl groups excluding tert-OH is 1. The largest absolute Gasteiger partial charge is 0.390 e. The number of benzene rings is 1. The highest BCUT2D eigenvalue weighted by Gasteiger charge is 2.37. The molecule has 0 saturated carbocycles. The summed E-state index contributed by atoms with van der Waals surface area (Å²) in [7, 11) is 0. The third kappa shape index (κ3) is 1.72. The minimum absolute atomic E-state index is 0.00759. The maximum atomic E-state index is 10.9. The second-order valence-corrected chi connectivity index (χ2v) is 5.66. The fourth-order valence-corrected chi connectivity index (χ4v) is 3.54. The molecule has 2 atom stereocenters. The van der Waals surface area contributed by atoms with Crippen LogP contribution in [-0.2, 0) is 4.74 Å². The second kappa shape index (κ2) is 4.72. The zero-order chi connectivity index (χ0) is 13.5. The van der Waals surface area contributed by atoms with Crippen molar-refractivity contribution in [1.82, 2.24) is 9.55 Å². The summed E-state index contributed by atoms with van der Waals surface area (Å²) in [5, 5.41) is 10.9. The molecule has 1 N–H and O–H groups in total. The lowest BCUT2D eigenvalue weighted by molar-refractivity contribution is -0.00620. The van der Waals surface area contributed by atoms with Crippen LogP contribution < -0.4 is 0 Å². The summed E-state index contributed by atoms with van der Waals surface area (Å²) in [5.41, 5.74) is 3.52. The molecule has 104 valence electrons. The van der Waals surface area contributed by atoms with Crippen LogP contribution in [0, 0.1) is 5.92 Å². The molecule has 0 radical (unpaired) electrons. The highest BCUT2D eigenvalue weighted by atomic mass is 16.5. The predicted molar refractivity (Wildman–Crippen MR) is 75.4 cm³/mol. The third-order valence-corrected chi connectivity index (χ3v) is 4.59. The van der Waals surface area contributed by atoms with Crippen molar-refractivity contribution < 1.29 is 9.84 Å². The molecule has 4 heteroatoms. The van der Waals surface area contributed by atoms with Crippen molar-refractivity contribution in [3.63, 3.8) is 0 Å². The summed E-state index contributed by atoms with van der Waals surface area (Å²) in [6.45, 7) is 1.51. The highest BCUT2D eigenvalue weighted by Crippen LogP contribution is 2.43. The Morgan fingerprint density at radius 3 is 2.90 bits per heavy atom. The summed E-state index contributed by atoms with van der Waals surface area (Å²) in [6, 6.07) is 8.31. The van der Waals surface area contributed by atoms with Gasteiger partial charge in [-0.3, -0.25) is 0 Å². The molecule has 1 unspecified atom stereocenters. The summed E-state index contributed by atoms with van der Waals surface area (Å²) >= 11 is 0. The van der Waals surface area contributed by atoms with E-state index in [1.807, 2.05) is 24.7 Å². The van der Waals surface area contributed by atoms with Gasteiger partial charge < -0.3 is 14.4 Å². The van der Waals surface area contributed by atoms with Gasteiger partial charge in [-0.1, -0.05) is 24.3 Å². The first-order chi connectivity index (χ1) is 9.86. The van der Waals surface area contributed by atoms with Gasteiger partial charge in [0.05, 0.1) is 30.4 Å². The number of rotatable bonds is 2. The molecule has 0 bridgehead atoms. The van der Waals surface area contributed by atoms with Crippen LogP contribution >= 0.6 is 0 Å². The summed E-state index contributed by atoms with van der Waals surface area (Å²) in [6.07, 6.45) is 5.21. The first kappa shape index (κ1) is 12.1. The maximum absolute atomic E-state index is 10.9. The first-order valence-electron chi connectivity index (χ1n) is 7.23. The van der Waals surface area contributed by atoms with Crippen molar-refractivity contribution in [3.8, 4) is 11.3 Å². The van der Waals surface area contributed by atoms with Crippen molar-refractivity contribution in [2.75, 3.05) is 13.2 Å². The number of fused-ring (bicyclic) bond motifs is 3. The van der Waals surface area contributed by atoms with Crippen LogP contribution in [0.25, 0.3) is 11.3 Å². The minimum atomic E-state index is -0.379. The molecule has 3 heterocycles. The molecule has 20 heavy (non-hydrogen) atoms. The van der Waals surface area contributed by atoms with Crippen LogP contribution in [0.2, 0.25) is 0 Å². The Morgan fingerprint density at radius 1 is 1.25 bits per heavy atom. The van der Waals surface area contributed by atoms with Gasteiger partial charge in [0.1, 0.15) is 0 Å². The fourth-order valence-electron chi connectivity index (χ4n) is 3.54. The van der Waals surface area contributed by atoms with Crippen LogP contribution in [0.1, 0.15) is 24.4 Å². The van der Waals surface area contributed by atoms with E-state index in [-0.39, 0.29) is 12.1 Å². The van der Waals surface area contributed by atoms with Crippen molar-refractivity contribution in [2.45, 2.75) is 25.0 Å². The molecule has 2 aliphatic heterocycles. The van der Waals surface area contributed by atoms with E-state index >= 15 is 0 Å². The van der Waals surface area contributed by atoms with E-state index in [0.717, 1.165) is 31.7 Å². The third-order valence-electron chi connectivity index (χ3n) is 4.59. The first-order valence-corrected chi connectivity index (χ1v) is 7.23. The smallest absolute Gasteiger partial charge is 0.0957 e. The number of imidazole rings is 1. The Morgan fingerprint density at radius 2 is 2.05 bits per heavy atom. The fraction of sp³-hybridized carbons (Fsp3) is 0.438. The molecule has 2 aromatic rings. The molecule has 4 rings (SSSR count). The van der Waals surface area contributed by atoms with Crippen molar-refractivity contribution >= 4 is 0 Å². The molecule has 1 aromatic carbocycles. The van der Waals surface area contributed by atoms with Crippen LogP contribution in [-0.4, -0.2) is 34.0 Å². The average Bonchev–Trinajstić information content (AvgIpc) is 3.08. The molecule has 1 aromatic heterocycles. The van der Waals surface area contributed by atoms with E-state index in [2.05, 4.69) is 21.7 Å². The summed E-state index contributed by atoms with van der Waals surface area (Å²) in [4.78, 5) is 4.25. The van der Waals surface area contributed by atoms with Gasteiger partial charge in [0.2, 0.25) is 0 Å².